The van der Waals surface area contributed by atoms with Crippen molar-refractivity contribution in [2.75, 3.05) is 0 Å². The molecule has 0 saturated heterocycles. The topological polar surface area (TPSA) is 0 Å². The largest absolute Gasteiger partial charge is 0.204 e. The van der Waals surface area contributed by atoms with Crippen LogP contribution >= 0.6 is 0 Å². The lowest BCUT2D eigenvalue weighted by atomic mass is 10.1. The van der Waals surface area contributed by atoms with E-state index in [1.165, 1.54) is 12.1 Å². The first-order chi connectivity index (χ1) is 6.24. The van der Waals surface area contributed by atoms with Crippen molar-refractivity contribution in [3.8, 4) is 0 Å². The second-order valence-corrected chi connectivity index (χ2v) is 3.06. The van der Waals surface area contributed by atoms with Crippen LogP contribution < -0.4 is 0 Å². The molecule has 0 amide bonds. The summed E-state index contributed by atoms with van der Waals surface area (Å²) in [5.74, 6) is -1.53. The molecule has 0 aliphatic carbocycles. The lowest BCUT2D eigenvalue weighted by molar-refractivity contribution is 0.506. The molecular formula is C11H13F2. The highest BCUT2D eigenvalue weighted by molar-refractivity contribution is 5.17. The highest BCUT2D eigenvalue weighted by atomic mass is 19.2. The number of hydrogen-bond donors (Lipinski definition) is 0. The smallest absolute Gasteiger partial charge is 0.159 e. The van der Waals surface area contributed by atoms with E-state index in [1.54, 1.807) is 6.07 Å². The first-order valence-corrected chi connectivity index (χ1v) is 4.47. The van der Waals surface area contributed by atoms with Crippen LogP contribution in [0.4, 0.5) is 8.78 Å². The van der Waals surface area contributed by atoms with Gasteiger partial charge in [-0.15, -0.1) is 0 Å². The Bertz CT molecular complexity index is 269. The summed E-state index contributed by atoms with van der Waals surface area (Å²) >= 11 is 0. The molecule has 1 aromatic rings. The quantitative estimate of drug-likeness (QED) is 0.626. The van der Waals surface area contributed by atoms with Gasteiger partial charge in [0.05, 0.1) is 0 Å². The predicted molar refractivity (Wildman–Crippen MR) is 49.3 cm³/mol. The molecule has 71 valence electrons. The minimum atomic E-state index is -0.777. The molecule has 0 heterocycles. The summed E-state index contributed by atoms with van der Waals surface area (Å²) in [6.45, 7) is 3.71. The molecule has 0 aliphatic heterocycles. The molecule has 0 spiro atoms. The van der Waals surface area contributed by atoms with E-state index in [0.29, 0.717) is 0 Å². The molecule has 2 heteroatoms. The highest BCUT2D eigenvalue weighted by Crippen LogP contribution is 2.11. The van der Waals surface area contributed by atoms with Gasteiger partial charge in [0.15, 0.2) is 11.6 Å². The van der Waals surface area contributed by atoms with Gasteiger partial charge in [-0.2, -0.15) is 0 Å². The van der Waals surface area contributed by atoms with Gasteiger partial charge < -0.3 is 0 Å². The lowest BCUT2D eigenvalue weighted by Gasteiger charge is -2.00. The third-order valence-electron chi connectivity index (χ3n) is 1.95. The standard InChI is InChI=1S/C11H13F2/c1-2-3-4-5-9-6-7-10(12)11(13)8-9/h6-8H,1-5H2. The van der Waals surface area contributed by atoms with Crippen molar-refractivity contribution in [3.05, 3.63) is 42.3 Å². The van der Waals surface area contributed by atoms with Gasteiger partial charge in [-0.05, 0) is 30.5 Å². The maximum Gasteiger partial charge on any atom is 0.159 e. The van der Waals surface area contributed by atoms with E-state index in [2.05, 4.69) is 6.92 Å². The Labute approximate surface area is 77.6 Å². The zero-order valence-electron chi connectivity index (χ0n) is 7.52. The average molecular weight is 183 g/mol. The number of halogens is 2. The van der Waals surface area contributed by atoms with Crippen molar-refractivity contribution in [1.82, 2.24) is 0 Å². The van der Waals surface area contributed by atoms with Crippen LogP contribution in [0.2, 0.25) is 0 Å². The van der Waals surface area contributed by atoms with Gasteiger partial charge in [0.1, 0.15) is 0 Å². The molecule has 0 aromatic heterocycles. The van der Waals surface area contributed by atoms with Crippen molar-refractivity contribution in [2.24, 2.45) is 0 Å². The van der Waals surface area contributed by atoms with Gasteiger partial charge >= 0.3 is 0 Å². The molecular weight excluding hydrogens is 170 g/mol. The molecule has 0 aliphatic rings. The Morgan fingerprint density at radius 2 is 1.85 bits per heavy atom. The molecule has 0 saturated carbocycles. The summed E-state index contributed by atoms with van der Waals surface area (Å²) in [7, 11) is 0. The molecule has 0 fully saturated rings. The molecule has 0 bridgehead atoms. The van der Waals surface area contributed by atoms with E-state index in [4.69, 9.17) is 0 Å². The summed E-state index contributed by atoms with van der Waals surface area (Å²) in [6, 6.07) is 4.06. The Morgan fingerprint density at radius 1 is 1.08 bits per heavy atom. The van der Waals surface area contributed by atoms with Gasteiger partial charge in [0.25, 0.3) is 0 Å². The zero-order valence-corrected chi connectivity index (χ0v) is 7.52. The maximum atomic E-state index is 12.7. The van der Waals surface area contributed by atoms with E-state index in [9.17, 15) is 8.78 Å². The predicted octanol–water partition coefficient (Wildman–Crippen LogP) is 3.51. The summed E-state index contributed by atoms with van der Waals surface area (Å²) in [5.41, 5.74) is 0.854. The monoisotopic (exact) mass is 183 g/mol. The fourth-order valence-electron chi connectivity index (χ4n) is 1.20. The van der Waals surface area contributed by atoms with Gasteiger partial charge in [-0.25, -0.2) is 8.78 Å². The third-order valence-corrected chi connectivity index (χ3v) is 1.95. The molecule has 1 radical (unpaired) electrons. The summed E-state index contributed by atoms with van der Waals surface area (Å²) in [5, 5.41) is 0. The highest BCUT2D eigenvalue weighted by Gasteiger charge is 2.01. The van der Waals surface area contributed by atoms with Crippen LogP contribution in [-0.2, 0) is 6.42 Å². The molecule has 1 aromatic carbocycles. The van der Waals surface area contributed by atoms with Crippen LogP contribution in [0.5, 0.6) is 0 Å². The van der Waals surface area contributed by atoms with Gasteiger partial charge in [0, 0.05) is 0 Å². The van der Waals surface area contributed by atoms with E-state index in [1.807, 2.05) is 0 Å². The second kappa shape index (κ2) is 4.95. The zero-order chi connectivity index (χ0) is 9.68. The normalized spacial score (nSPS) is 10.4. The van der Waals surface area contributed by atoms with E-state index in [0.717, 1.165) is 31.2 Å². The van der Waals surface area contributed by atoms with Crippen LogP contribution in [0.25, 0.3) is 0 Å². The molecule has 0 nitrogen and oxygen atoms in total. The fraction of sp³-hybridized carbons (Fsp3) is 0.364. The second-order valence-electron chi connectivity index (χ2n) is 3.06. The Balaban J connectivity index is 2.53. The molecule has 0 N–H and O–H groups in total. The average Bonchev–Trinajstić information content (AvgIpc) is 2.12. The third kappa shape index (κ3) is 3.13. The number of aryl methyl sites for hydroxylation is 1. The molecule has 0 unspecified atom stereocenters. The molecule has 0 atom stereocenters. The molecule has 1 rings (SSSR count). The van der Waals surface area contributed by atoms with E-state index in [-0.39, 0.29) is 0 Å². The Morgan fingerprint density at radius 3 is 2.46 bits per heavy atom. The van der Waals surface area contributed by atoms with Crippen LogP contribution in [-0.4, -0.2) is 0 Å². The van der Waals surface area contributed by atoms with Crippen LogP contribution in [0.1, 0.15) is 24.8 Å². The lowest BCUT2D eigenvalue weighted by Crippen LogP contribution is -1.89. The van der Waals surface area contributed by atoms with E-state index < -0.39 is 11.6 Å². The summed E-state index contributed by atoms with van der Waals surface area (Å²) in [4.78, 5) is 0. The van der Waals surface area contributed by atoms with Crippen LogP contribution in [0.15, 0.2) is 18.2 Å². The number of unbranched alkanes of at least 4 members (excludes halogenated alkanes) is 2. The first kappa shape index (κ1) is 10.2. The first-order valence-electron chi connectivity index (χ1n) is 4.47. The SMILES string of the molecule is [CH2]CCCCc1ccc(F)c(F)c1. The number of hydrogen-bond acceptors (Lipinski definition) is 0. The van der Waals surface area contributed by atoms with Gasteiger partial charge in [0.2, 0.25) is 0 Å². The fourth-order valence-corrected chi connectivity index (χ4v) is 1.20. The summed E-state index contributed by atoms with van der Waals surface area (Å²) in [6.07, 6.45) is 3.70. The maximum absolute atomic E-state index is 12.7. The Hall–Kier alpha value is -0.920. The minimum Gasteiger partial charge on any atom is -0.204 e. The van der Waals surface area contributed by atoms with Gasteiger partial charge in [-0.3, -0.25) is 0 Å². The van der Waals surface area contributed by atoms with Crippen molar-refractivity contribution in [3.63, 3.8) is 0 Å². The minimum absolute atomic E-state index is 0.757. The van der Waals surface area contributed by atoms with Crippen LogP contribution in [0, 0.1) is 18.6 Å². The van der Waals surface area contributed by atoms with Gasteiger partial charge in [-0.1, -0.05) is 25.8 Å². The van der Waals surface area contributed by atoms with E-state index >= 15 is 0 Å². The number of rotatable bonds is 4. The Kier molecular flexibility index (Phi) is 3.87. The van der Waals surface area contributed by atoms with Crippen LogP contribution in [0.3, 0.4) is 0 Å². The molecule has 13 heavy (non-hydrogen) atoms. The number of benzene rings is 1. The van der Waals surface area contributed by atoms with Crippen molar-refractivity contribution in [1.29, 1.82) is 0 Å². The van der Waals surface area contributed by atoms with Crippen molar-refractivity contribution < 1.29 is 8.78 Å². The van der Waals surface area contributed by atoms with Crippen molar-refractivity contribution in [2.45, 2.75) is 25.7 Å². The summed E-state index contributed by atoms with van der Waals surface area (Å²) < 4.78 is 25.2. The van der Waals surface area contributed by atoms with Crippen molar-refractivity contribution >= 4 is 0 Å².